The molecule has 1 rings (SSSR count). The predicted molar refractivity (Wildman–Crippen MR) is 82.3 cm³/mol. The Bertz CT molecular complexity index is 452. The van der Waals surface area contributed by atoms with Crippen LogP contribution >= 0.6 is 0 Å². The summed E-state index contributed by atoms with van der Waals surface area (Å²) in [6.45, 7) is 5.54. The van der Waals surface area contributed by atoms with Crippen LogP contribution < -0.4 is 10.0 Å². The quantitative estimate of drug-likeness (QED) is 0.645. The molecule has 0 aliphatic heterocycles. The fraction of sp³-hybridized carbons (Fsp3) is 0.929. The van der Waals surface area contributed by atoms with Crippen LogP contribution in [0.25, 0.3) is 0 Å². The Labute approximate surface area is 127 Å². The Hall–Kier alpha value is -0.660. The predicted octanol–water partition coefficient (Wildman–Crippen LogP) is 0.762. The molecule has 1 aliphatic rings. The zero-order valence-corrected chi connectivity index (χ0v) is 14.0. The minimum absolute atomic E-state index is 0.00602. The molecule has 0 aromatic rings. The molecule has 21 heavy (non-hydrogen) atoms. The molecule has 124 valence electrons. The highest BCUT2D eigenvalue weighted by molar-refractivity contribution is 7.89. The van der Waals surface area contributed by atoms with Gasteiger partial charge in [0, 0.05) is 6.54 Å². The second kappa shape index (κ2) is 7.56. The second-order valence-electron chi connectivity index (χ2n) is 6.30. The lowest BCUT2D eigenvalue weighted by Gasteiger charge is -2.35. The van der Waals surface area contributed by atoms with E-state index in [2.05, 4.69) is 17.0 Å². The van der Waals surface area contributed by atoms with Crippen LogP contribution in [0, 0.1) is 5.92 Å². The highest BCUT2D eigenvalue weighted by Gasteiger charge is 2.33. The summed E-state index contributed by atoms with van der Waals surface area (Å²) in [5.41, 5.74) is -0.866. The van der Waals surface area contributed by atoms with E-state index in [1.54, 1.807) is 6.92 Å². The van der Waals surface area contributed by atoms with E-state index in [9.17, 15) is 18.3 Å². The van der Waals surface area contributed by atoms with Crippen LogP contribution in [0.4, 0.5) is 0 Å². The maximum Gasteiger partial charge on any atom is 0.237 e. The molecule has 0 radical (unpaired) electrons. The van der Waals surface area contributed by atoms with E-state index in [1.807, 2.05) is 0 Å². The molecule has 0 spiro atoms. The van der Waals surface area contributed by atoms with Gasteiger partial charge in [-0.25, -0.2) is 13.1 Å². The van der Waals surface area contributed by atoms with Gasteiger partial charge in [-0.15, -0.1) is 0 Å². The highest BCUT2D eigenvalue weighted by atomic mass is 32.2. The molecule has 0 aromatic heterocycles. The Morgan fingerprint density at radius 2 is 2.14 bits per heavy atom. The van der Waals surface area contributed by atoms with Crippen molar-refractivity contribution in [2.24, 2.45) is 5.92 Å². The van der Waals surface area contributed by atoms with Gasteiger partial charge in [0.25, 0.3) is 0 Å². The van der Waals surface area contributed by atoms with Crippen molar-refractivity contribution < 1.29 is 18.3 Å². The zero-order chi connectivity index (χ0) is 16.1. The normalized spacial score (nSPS) is 28.1. The van der Waals surface area contributed by atoms with Gasteiger partial charge in [0.05, 0.1) is 17.4 Å². The van der Waals surface area contributed by atoms with E-state index in [1.165, 1.54) is 6.92 Å². The third-order valence-corrected chi connectivity index (χ3v) is 5.54. The van der Waals surface area contributed by atoms with Crippen molar-refractivity contribution in [3.05, 3.63) is 0 Å². The van der Waals surface area contributed by atoms with Crippen molar-refractivity contribution >= 4 is 15.9 Å². The number of nitrogens with one attached hydrogen (secondary N) is 2. The maximum atomic E-state index is 11.9. The van der Waals surface area contributed by atoms with E-state index in [0.29, 0.717) is 25.2 Å². The summed E-state index contributed by atoms with van der Waals surface area (Å²) in [5.74, 6) is 0.0500. The molecule has 0 saturated heterocycles. The van der Waals surface area contributed by atoms with Crippen LogP contribution in [-0.4, -0.2) is 43.4 Å². The summed E-state index contributed by atoms with van der Waals surface area (Å²) in [4.78, 5) is 11.9. The summed E-state index contributed by atoms with van der Waals surface area (Å²) < 4.78 is 25.6. The van der Waals surface area contributed by atoms with Crippen molar-refractivity contribution in [1.82, 2.24) is 10.0 Å². The minimum Gasteiger partial charge on any atom is -0.388 e. The average Bonchev–Trinajstić information content (AvgIpc) is 2.35. The number of carbonyl (C=O) groups is 1. The Morgan fingerprint density at radius 3 is 2.71 bits per heavy atom. The van der Waals surface area contributed by atoms with Crippen molar-refractivity contribution in [3.63, 3.8) is 0 Å². The molecule has 1 aliphatic carbocycles. The molecule has 1 saturated carbocycles. The van der Waals surface area contributed by atoms with Crippen LogP contribution in [0.15, 0.2) is 0 Å². The van der Waals surface area contributed by atoms with E-state index < -0.39 is 27.6 Å². The van der Waals surface area contributed by atoms with Gasteiger partial charge in [-0.3, -0.25) is 4.79 Å². The Balaban J connectivity index is 2.46. The fourth-order valence-electron chi connectivity index (χ4n) is 2.85. The monoisotopic (exact) mass is 320 g/mol. The lowest BCUT2D eigenvalue weighted by Crippen LogP contribution is -2.51. The van der Waals surface area contributed by atoms with E-state index >= 15 is 0 Å². The molecule has 3 unspecified atom stereocenters. The molecule has 0 bridgehead atoms. The summed E-state index contributed by atoms with van der Waals surface area (Å²) in [6, 6.07) is -0.828. The molecule has 6 nitrogen and oxygen atoms in total. The van der Waals surface area contributed by atoms with E-state index in [0.717, 1.165) is 12.8 Å². The molecule has 3 atom stereocenters. The number of sulfonamides is 1. The average molecular weight is 320 g/mol. The molecule has 0 heterocycles. The van der Waals surface area contributed by atoms with E-state index in [-0.39, 0.29) is 12.3 Å². The SMILES string of the molecule is CCCS(=O)(=O)NC(C)C(=O)NCC1(O)CCCC(C)C1. The van der Waals surface area contributed by atoms with Gasteiger partial charge in [-0.2, -0.15) is 0 Å². The molecular formula is C14H28N2O4S. The number of aliphatic hydroxyl groups is 1. The number of hydrogen-bond donors (Lipinski definition) is 3. The summed E-state index contributed by atoms with van der Waals surface area (Å²) in [7, 11) is -3.42. The van der Waals surface area contributed by atoms with Gasteiger partial charge in [0.1, 0.15) is 0 Å². The van der Waals surface area contributed by atoms with Crippen LogP contribution in [-0.2, 0) is 14.8 Å². The topological polar surface area (TPSA) is 95.5 Å². The molecule has 1 fully saturated rings. The zero-order valence-electron chi connectivity index (χ0n) is 13.2. The van der Waals surface area contributed by atoms with Crippen LogP contribution in [0.1, 0.15) is 52.9 Å². The number of carbonyl (C=O) groups excluding carboxylic acids is 1. The molecule has 7 heteroatoms. The van der Waals surface area contributed by atoms with Gasteiger partial charge < -0.3 is 10.4 Å². The Kier molecular flexibility index (Phi) is 6.62. The van der Waals surface area contributed by atoms with Crippen molar-refractivity contribution in [1.29, 1.82) is 0 Å². The number of amides is 1. The fourth-order valence-corrected chi connectivity index (χ4v) is 4.15. The molecule has 0 aromatic carbocycles. The third-order valence-electron chi connectivity index (χ3n) is 3.88. The van der Waals surface area contributed by atoms with Crippen molar-refractivity contribution in [3.8, 4) is 0 Å². The van der Waals surface area contributed by atoms with Gasteiger partial charge in [-0.1, -0.05) is 26.7 Å². The second-order valence-corrected chi connectivity index (χ2v) is 8.18. The standard InChI is InChI=1S/C14H28N2O4S/c1-4-8-21(19,20)16-12(3)13(17)15-10-14(18)7-5-6-11(2)9-14/h11-12,16,18H,4-10H2,1-3H3,(H,15,17). The molecular weight excluding hydrogens is 292 g/mol. The van der Waals surface area contributed by atoms with Gasteiger partial charge in [0.2, 0.25) is 15.9 Å². The smallest absolute Gasteiger partial charge is 0.237 e. The van der Waals surface area contributed by atoms with Crippen molar-refractivity contribution in [2.75, 3.05) is 12.3 Å². The first-order valence-electron chi connectivity index (χ1n) is 7.67. The first-order valence-corrected chi connectivity index (χ1v) is 9.33. The minimum atomic E-state index is -3.42. The summed E-state index contributed by atoms with van der Waals surface area (Å²) in [5, 5.41) is 13.1. The van der Waals surface area contributed by atoms with Crippen LogP contribution in [0.2, 0.25) is 0 Å². The van der Waals surface area contributed by atoms with Crippen LogP contribution in [0.5, 0.6) is 0 Å². The number of rotatable bonds is 7. The van der Waals surface area contributed by atoms with Gasteiger partial charge >= 0.3 is 0 Å². The maximum absolute atomic E-state index is 11.9. The van der Waals surface area contributed by atoms with Gasteiger partial charge in [-0.05, 0) is 32.1 Å². The lowest BCUT2D eigenvalue weighted by molar-refractivity contribution is -0.124. The third kappa shape index (κ3) is 6.32. The van der Waals surface area contributed by atoms with Gasteiger partial charge in [0.15, 0.2) is 0 Å². The van der Waals surface area contributed by atoms with Crippen molar-refractivity contribution in [2.45, 2.75) is 64.5 Å². The van der Waals surface area contributed by atoms with E-state index in [4.69, 9.17) is 0 Å². The first kappa shape index (κ1) is 18.4. The van der Waals surface area contributed by atoms with Crippen LogP contribution in [0.3, 0.4) is 0 Å². The molecule has 3 N–H and O–H groups in total. The summed E-state index contributed by atoms with van der Waals surface area (Å²) >= 11 is 0. The molecule has 1 amide bonds. The highest BCUT2D eigenvalue weighted by Crippen LogP contribution is 2.31. The largest absolute Gasteiger partial charge is 0.388 e. The number of hydrogen-bond acceptors (Lipinski definition) is 4. The first-order chi connectivity index (χ1) is 9.67. The Morgan fingerprint density at radius 1 is 1.48 bits per heavy atom. The lowest BCUT2D eigenvalue weighted by atomic mass is 9.79. The summed E-state index contributed by atoms with van der Waals surface area (Å²) in [6.07, 6.45) is 3.90.